The molecule has 1 unspecified atom stereocenters. The van der Waals surface area contributed by atoms with E-state index in [-0.39, 0.29) is 46.8 Å². The highest BCUT2D eigenvalue weighted by molar-refractivity contribution is 6.30. The van der Waals surface area contributed by atoms with Gasteiger partial charge in [0.2, 0.25) is 5.91 Å². The topological polar surface area (TPSA) is 113 Å². The fraction of sp³-hybridized carbons (Fsp3) is 0.706. The van der Waals surface area contributed by atoms with Crippen LogP contribution < -0.4 is 11.1 Å². The quantitative estimate of drug-likeness (QED) is 0.417. The van der Waals surface area contributed by atoms with E-state index in [0.717, 1.165) is 44.1 Å². The fourth-order valence-electron chi connectivity index (χ4n) is 8.24. The monoisotopic (exact) mass is 630 g/mol. The lowest BCUT2D eigenvalue weighted by atomic mass is 9.68. The maximum atomic E-state index is 14.8. The Kier molecular flexibility index (Phi) is 10.1. The number of carbonyl (C=O) groups excluding carboxylic acids is 4. The summed E-state index contributed by atoms with van der Waals surface area (Å²) in [4.78, 5) is 58.3. The number of rotatable bonds is 7. The second kappa shape index (κ2) is 13.0. The average Bonchev–Trinajstić information content (AvgIpc) is 3.60. The first-order chi connectivity index (χ1) is 20.6. The molecule has 3 N–H and O–H groups in total. The minimum atomic E-state index is -0.657. The summed E-state index contributed by atoms with van der Waals surface area (Å²) >= 11 is 6.16. The van der Waals surface area contributed by atoms with Crippen LogP contribution in [-0.2, 0) is 14.4 Å². The molecule has 2 heterocycles. The lowest BCUT2D eigenvalue weighted by Crippen LogP contribution is -2.61. The van der Waals surface area contributed by atoms with Crippen LogP contribution in [-0.4, -0.2) is 89.9 Å². The molecule has 0 bridgehead atoms. The van der Waals surface area contributed by atoms with Gasteiger partial charge in [0.05, 0.1) is 13.1 Å². The Balaban J connectivity index is 1.70. The third kappa shape index (κ3) is 6.50. The van der Waals surface area contributed by atoms with Gasteiger partial charge in [-0.3, -0.25) is 14.1 Å². The Morgan fingerprint density at radius 1 is 1.05 bits per heavy atom. The molecule has 3 fully saturated rings. The van der Waals surface area contributed by atoms with Crippen molar-refractivity contribution in [1.82, 2.24) is 15.1 Å². The van der Waals surface area contributed by atoms with E-state index in [9.17, 15) is 19.2 Å². The molecule has 1 aromatic rings. The van der Waals surface area contributed by atoms with Gasteiger partial charge in [-0.1, -0.05) is 71.2 Å². The number of nitrogens with one attached hydrogen (secondary N) is 1. The number of carbonyl (C=O) groups is 4. The van der Waals surface area contributed by atoms with Gasteiger partial charge in [0.25, 0.3) is 5.91 Å². The molecule has 1 aromatic carbocycles. The van der Waals surface area contributed by atoms with E-state index in [1.807, 2.05) is 40.0 Å². The minimum absolute atomic E-state index is 0.0728. The molecule has 0 aromatic heterocycles. The van der Waals surface area contributed by atoms with Crippen molar-refractivity contribution in [1.29, 1.82) is 0 Å². The molecule has 0 spiro atoms. The van der Waals surface area contributed by atoms with E-state index >= 15 is 0 Å². The van der Waals surface area contributed by atoms with Gasteiger partial charge in [-0.15, -0.1) is 0 Å². The number of quaternary nitrogens is 1. The summed E-state index contributed by atoms with van der Waals surface area (Å²) in [6.07, 6.45) is 6.67. The number of likely N-dealkylation sites (tertiary alicyclic amines) is 2. The standard InChI is InChI=1S/C34H52ClN5O4/c1-8-34(9-2)16-14-24(15-17-34)39(31(43)33(3,4)5)25-18-28(29(41)37-6)40(7,21-25)30(42)27-20-38(32(36)44)19-26(27)22-10-12-23(35)13-11-22/h10-13,24-28H,8-9,14-21H2,1-7H3,(H2-,36,37,41,44)/p+1/t25-,26-,27+,28-,40?/m0/s1. The number of nitrogens with two attached hydrogens (primary N) is 1. The summed E-state index contributed by atoms with van der Waals surface area (Å²) in [5.41, 5.74) is 6.32. The van der Waals surface area contributed by atoms with Crippen LogP contribution in [0.15, 0.2) is 24.3 Å². The maximum Gasteiger partial charge on any atom is 0.319 e. The van der Waals surface area contributed by atoms with Crippen molar-refractivity contribution in [3.8, 4) is 0 Å². The Hall–Kier alpha value is -2.65. The lowest BCUT2D eigenvalue weighted by Gasteiger charge is -2.46. The number of nitrogens with zero attached hydrogens (tertiary/aromatic N) is 3. The van der Waals surface area contributed by atoms with Crippen molar-refractivity contribution >= 4 is 35.4 Å². The van der Waals surface area contributed by atoms with Crippen molar-refractivity contribution in [2.24, 2.45) is 22.5 Å². The summed E-state index contributed by atoms with van der Waals surface area (Å²) in [5.74, 6) is -1.08. The van der Waals surface area contributed by atoms with Crippen LogP contribution in [0.2, 0.25) is 5.02 Å². The number of benzene rings is 1. The summed E-state index contributed by atoms with van der Waals surface area (Å²) in [5, 5.41) is 3.39. The molecule has 1 saturated carbocycles. The Morgan fingerprint density at radius 3 is 2.14 bits per heavy atom. The molecule has 2 aliphatic heterocycles. The number of urea groups is 1. The largest absolute Gasteiger partial charge is 0.354 e. The maximum absolute atomic E-state index is 14.8. The van der Waals surface area contributed by atoms with E-state index in [1.165, 1.54) is 4.90 Å². The van der Waals surface area contributed by atoms with E-state index < -0.39 is 23.4 Å². The summed E-state index contributed by atoms with van der Waals surface area (Å²) in [6.45, 7) is 11.2. The third-order valence-electron chi connectivity index (χ3n) is 11.3. The Morgan fingerprint density at radius 2 is 1.64 bits per heavy atom. The smallest absolute Gasteiger partial charge is 0.319 e. The first kappa shape index (κ1) is 34.2. The SMILES string of the molecule is CCC1(CC)CCC(N(C(=O)C(C)(C)C)[C@H]2C[C@@H](C(=O)NC)[N+](C)(C(=O)[C@@H]3CN(C(N)=O)C[C@H]3c3ccc(Cl)cc3)C2)CC1. The van der Waals surface area contributed by atoms with Gasteiger partial charge >= 0.3 is 11.9 Å². The summed E-state index contributed by atoms with van der Waals surface area (Å²) in [7, 11) is 3.44. The molecule has 1 aliphatic carbocycles. The number of hydrogen-bond acceptors (Lipinski definition) is 4. The highest BCUT2D eigenvalue weighted by Crippen LogP contribution is 2.46. The van der Waals surface area contributed by atoms with Gasteiger partial charge in [-0.2, -0.15) is 0 Å². The van der Waals surface area contributed by atoms with Gasteiger partial charge in [0.15, 0.2) is 6.04 Å². The molecule has 4 rings (SSSR count). The molecule has 44 heavy (non-hydrogen) atoms. The predicted molar refractivity (Wildman–Crippen MR) is 173 cm³/mol. The zero-order chi connectivity index (χ0) is 32.6. The molecule has 0 radical (unpaired) electrons. The van der Waals surface area contributed by atoms with Crippen molar-refractivity contribution in [3.05, 3.63) is 34.9 Å². The molecule has 5 atom stereocenters. The number of primary amides is 1. The molecular formula is C34H53ClN5O4+. The average molecular weight is 631 g/mol. The van der Waals surface area contributed by atoms with Crippen LogP contribution in [0.3, 0.4) is 0 Å². The van der Waals surface area contributed by atoms with Crippen LogP contribution in [0.4, 0.5) is 4.79 Å². The normalized spacial score (nSPS) is 29.0. The Labute approximate surface area is 268 Å². The third-order valence-corrected chi connectivity index (χ3v) is 11.5. The van der Waals surface area contributed by atoms with E-state index in [1.54, 1.807) is 19.2 Å². The molecule has 2 saturated heterocycles. The van der Waals surface area contributed by atoms with Crippen molar-refractivity contribution < 1.29 is 23.7 Å². The first-order valence-corrected chi connectivity index (χ1v) is 16.7. The fourth-order valence-corrected chi connectivity index (χ4v) is 8.36. The van der Waals surface area contributed by atoms with E-state index in [4.69, 9.17) is 17.3 Å². The van der Waals surface area contributed by atoms with Gasteiger partial charge in [0, 0.05) is 49.0 Å². The molecular weight excluding hydrogens is 578 g/mol. The highest BCUT2D eigenvalue weighted by atomic mass is 35.5. The van der Waals surface area contributed by atoms with Gasteiger partial charge in [0.1, 0.15) is 12.5 Å². The summed E-state index contributed by atoms with van der Waals surface area (Å²) in [6, 6.07) is 5.93. The molecule has 244 valence electrons. The summed E-state index contributed by atoms with van der Waals surface area (Å²) < 4.78 is -0.125. The van der Waals surface area contributed by atoms with Gasteiger partial charge in [-0.05, 0) is 48.8 Å². The van der Waals surface area contributed by atoms with Crippen LogP contribution >= 0.6 is 11.6 Å². The number of hydrogen-bond donors (Lipinski definition) is 2. The second-order valence-electron chi connectivity index (χ2n) is 14.7. The number of halogens is 1. The minimum Gasteiger partial charge on any atom is -0.354 e. The van der Waals surface area contributed by atoms with Crippen molar-refractivity contribution in [3.63, 3.8) is 0 Å². The zero-order valence-electron chi connectivity index (χ0n) is 27.7. The van der Waals surface area contributed by atoms with Crippen molar-refractivity contribution in [2.45, 2.75) is 104 Å². The molecule has 5 amide bonds. The number of likely N-dealkylation sites (N-methyl/N-ethyl adjacent to an activating group) is 2. The number of amides is 5. The van der Waals surface area contributed by atoms with Crippen LogP contribution in [0.25, 0.3) is 0 Å². The first-order valence-electron chi connectivity index (χ1n) is 16.3. The predicted octanol–water partition coefficient (Wildman–Crippen LogP) is 4.92. The Bertz CT molecular complexity index is 1230. The van der Waals surface area contributed by atoms with Gasteiger partial charge in [-0.25, -0.2) is 9.59 Å². The lowest BCUT2D eigenvalue weighted by molar-refractivity contribution is -0.840. The van der Waals surface area contributed by atoms with Crippen LogP contribution in [0.5, 0.6) is 0 Å². The molecule has 9 nitrogen and oxygen atoms in total. The second-order valence-corrected chi connectivity index (χ2v) is 15.2. The zero-order valence-corrected chi connectivity index (χ0v) is 28.5. The van der Waals surface area contributed by atoms with Gasteiger partial charge < -0.3 is 20.9 Å². The van der Waals surface area contributed by atoms with Crippen LogP contribution in [0.1, 0.15) is 91.0 Å². The van der Waals surface area contributed by atoms with E-state index in [2.05, 4.69) is 24.1 Å². The van der Waals surface area contributed by atoms with E-state index in [0.29, 0.717) is 29.9 Å². The molecule has 3 aliphatic rings. The molecule has 10 heteroatoms. The van der Waals surface area contributed by atoms with Crippen molar-refractivity contribution in [2.75, 3.05) is 33.7 Å². The van der Waals surface area contributed by atoms with Crippen LogP contribution in [0, 0.1) is 16.7 Å². The highest BCUT2D eigenvalue weighted by Gasteiger charge is 2.59.